The predicted molar refractivity (Wildman–Crippen MR) is 70.6 cm³/mol. The lowest BCUT2D eigenvalue weighted by atomic mass is 10.2. The largest absolute Gasteiger partial charge is 0.491 e. The third kappa shape index (κ3) is 3.84. The molecule has 0 spiro atoms. The summed E-state index contributed by atoms with van der Waals surface area (Å²) in [6.07, 6.45) is 0. The molecule has 0 saturated carbocycles. The number of hydrogen-bond acceptors (Lipinski definition) is 5. The van der Waals surface area contributed by atoms with Gasteiger partial charge in [-0.1, -0.05) is 0 Å². The van der Waals surface area contributed by atoms with E-state index in [0.717, 1.165) is 32.8 Å². The number of morpholine rings is 1. The highest BCUT2D eigenvalue weighted by Crippen LogP contribution is 2.21. The SMILES string of the molecule is Nc1ccc(OCCN2CCOCC2)c(C(=O)O)c1. The minimum Gasteiger partial charge on any atom is -0.491 e. The molecule has 0 bridgehead atoms. The van der Waals surface area contributed by atoms with E-state index in [1.54, 1.807) is 12.1 Å². The van der Waals surface area contributed by atoms with E-state index < -0.39 is 5.97 Å². The van der Waals surface area contributed by atoms with Crippen molar-refractivity contribution in [3.63, 3.8) is 0 Å². The molecule has 0 radical (unpaired) electrons. The molecule has 3 N–H and O–H groups in total. The highest BCUT2D eigenvalue weighted by molar-refractivity contribution is 5.92. The zero-order valence-corrected chi connectivity index (χ0v) is 10.7. The molecule has 1 aliphatic rings. The van der Waals surface area contributed by atoms with E-state index in [4.69, 9.17) is 20.3 Å². The Hall–Kier alpha value is -1.79. The average Bonchev–Trinajstić information content (AvgIpc) is 2.41. The van der Waals surface area contributed by atoms with Gasteiger partial charge in [-0.25, -0.2) is 4.79 Å². The molecule has 19 heavy (non-hydrogen) atoms. The Balaban J connectivity index is 1.89. The number of nitrogen functional groups attached to an aromatic ring is 1. The third-order valence-corrected chi connectivity index (χ3v) is 3.00. The van der Waals surface area contributed by atoms with Crippen molar-refractivity contribution in [2.75, 3.05) is 45.2 Å². The second-order valence-electron chi connectivity index (χ2n) is 4.36. The van der Waals surface area contributed by atoms with Crippen LogP contribution in [0.3, 0.4) is 0 Å². The molecule has 1 heterocycles. The molecule has 0 unspecified atom stereocenters. The van der Waals surface area contributed by atoms with Crippen LogP contribution in [0.15, 0.2) is 18.2 Å². The fraction of sp³-hybridized carbons (Fsp3) is 0.462. The van der Waals surface area contributed by atoms with Gasteiger partial charge < -0.3 is 20.3 Å². The van der Waals surface area contributed by atoms with Crippen LogP contribution >= 0.6 is 0 Å². The van der Waals surface area contributed by atoms with Crippen LogP contribution in [0.2, 0.25) is 0 Å². The Morgan fingerprint density at radius 3 is 2.84 bits per heavy atom. The van der Waals surface area contributed by atoms with Gasteiger partial charge in [0.25, 0.3) is 0 Å². The van der Waals surface area contributed by atoms with Gasteiger partial charge in [0.1, 0.15) is 17.9 Å². The van der Waals surface area contributed by atoms with Gasteiger partial charge in [-0.3, -0.25) is 4.90 Å². The Bertz CT molecular complexity index is 444. The first-order chi connectivity index (χ1) is 9.16. The Morgan fingerprint density at radius 2 is 2.16 bits per heavy atom. The van der Waals surface area contributed by atoms with Crippen molar-refractivity contribution in [3.05, 3.63) is 23.8 Å². The van der Waals surface area contributed by atoms with E-state index in [9.17, 15) is 4.79 Å². The summed E-state index contributed by atoms with van der Waals surface area (Å²) in [6, 6.07) is 4.64. The molecule has 1 aromatic carbocycles. The molecule has 6 nitrogen and oxygen atoms in total. The Kier molecular flexibility index (Phi) is 4.59. The zero-order valence-electron chi connectivity index (χ0n) is 10.7. The van der Waals surface area contributed by atoms with E-state index in [-0.39, 0.29) is 5.56 Å². The molecule has 0 aliphatic carbocycles. The number of carboxylic acids is 1. The monoisotopic (exact) mass is 266 g/mol. The summed E-state index contributed by atoms with van der Waals surface area (Å²) in [5.74, 6) is -0.677. The smallest absolute Gasteiger partial charge is 0.339 e. The van der Waals surface area contributed by atoms with Crippen LogP contribution in [-0.2, 0) is 4.74 Å². The first-order valence-corrected chi connectivity index (χ1v) is 6.22. The summed E-state index contributed by atoms with van der Waals surface area (Å²) in [5.41, 5.74) is 6.08. The number of carboxylic acid groups (broad SMARTS) is 1. The van der Waals surface area contributed by atoms with Gasteiger partial charge in [-0.2, -0.15) is 0 Å². The predicted octanol–water partition coefficient (Wildman–Crippen LogP) is 0.678. The average molecular weight is 266 g/mol. The second-order valence-corrected chi connectivity index (χ2v) is 4.36. The summed E-state index contributed by atoms with van der Waals surface area (Å²) < 4.78 is 10.8. The molecule has 1 fully saturated rings. The summed E-state index contributed by atoms with van der Waals surface area (Å²) in [5, 5.41) is 9.08. The molecule has 2 rings (SSSR count). The van der Waals surface area contributed by atoms with Crippen molar-refractivity contribution in [1.29, 1.82) is 0 Å². The first-order valence-electron chi connectivity index (χ1n) is 6.22. The number of nitrogens with two attached hydrogens (primary N) is 1. The van der Waals surface area contributed by atoms with Crippen LogP contribution in [0.4, 0.5) is 5.69 Å². The minimum absolute atomic E-state index is 0.0991. The number of carbonyl (C=O) groups is 1. The zero-order chi connectivity index (χ0) is 13.7. The topological polar surface area (TPSA) is 85.0 Å². The molecule has 6 heteroatoms. The molecule has 1 aliphatic heterocycles. The van der Waals surface area contributed by atoms with Gasteiger partial charge in [0.15, 0.2) is 0 Å². The Labute approximate surface area is 111 Å². The number of nitrogens with zero attached hydrogens (tertiary/aromatic N) is 1. The van der Waals surface area contributed by atoms with Crippen molar-refractivity contribution in [3.8, 4) is 5.75 Å². The molecule has 0 amide bonds. The molecule has 104 valence electrons. The van der Waals surface area contributed by atoms with Gasteiger partial charge in [-0.15, -0.1) is 0 Å². The van der Waals surface area contributed by atoms with Crippen LogP contribution in [0.25, 0.3) is 0 Å². The van der Waals surface area contributed by atoms with Crippen molar-refractivity contribution >= 4 is 11.7 Å². The molecular formula is C13H18N2O4. The highest BCUT2D eigenvalue weighted by atomic mass is 16.5. The van der Waals surface area contributed by atoms with Crippen LogP contribution in [-0.4, -0.2) is 55.4 Å². The molecule has 0 aromatic heterocycles. The van der Waals surface area contributed by atoms with Crippen molar-refractivity contribution in [1.82, 2.24) is 4.90 Å². The van der Waals surface area contributed by atoms with E-state index >= 15 is 0 Å². The quantitative estimate of drug-likeness (QED) is 0.762. The first kappa shape index (κ1) is 13.6. The number of hydrogen-bond donors (Lipinski definition) is 2. The normalized spacial score (nSPS) is 16.2. The fourth-order valence-electron chi connectivity index (χ4n) is 1.95. The van der Waals surface area contributed by atoms with Crippen molar-refractivity contribution < 1.29 is 19.4 Å². The Morgan fingerprint density at radius 1 is 1.42 bits per heavy atom. The standard InChI is InChI=1S/C13H18N2O4/c14-10-1-2-12(11(9-10)13(16)17)19-8-5-15-3-6-18-7-4-15/h1-2,9H,3-8,14H2,(H,16,17). The fourth-order valence-corrected chi connectivity index (χ4v) is 1.95. The van der Waals surface area contributed by atoms with Gasteiger partial charge in [-0.05, 0) is 18.2 Å². The summed E-state index contributed by atoms with van der Waals surface area (Å²) >= 11 is 0. The summed E-state index contributed by atoms with van der Waals surface area (Å²) in [4.78, 5) is 13.3. The maximum Gasteiger partial charge on any atom is 0.339 e. The van der Waals surface area contributed by atoms with E-state index in [0.29, 0.717) is 18.0 Å². The lowest BCUT2D eigenvalue weighted by Crippen LogP contribution is -2.38. The molecule has 0 atom stereocenters. The van der Waals surface area contributed by atoms with Gasteiger partial charge in [0.05, 0.1) is 13.2 Å². The molecular weight excluding hydrogens is 248 g/mol. The van der Waals surface area contributed by atoms with E-state index in [1.807, 2.05) is 0 Å². The minimum atomic E-state index is -1.03. The van der Waals surface area contributed by atoms with E-state index in [1.165, 1.54) is 6.07 Å². The maximum absolute atomic E-state index is 11.1. The maximum atomic E-state index is 11.1. The highest BCUT2D eigenvalue weighted by Gasteiger charge is 2.13. The van der Waals surface area contributed by atoms with Crippen LogP contribution in [0, 0.1) is 0 Å². The number of aromatic carboxylic acids is 1. The van der Waals surface area contributed by atoms with Crippen LogP contribution < -0.4 is 10.5 Å². The second kappa shape index (κ2) is 6.40. The van der Waals surface area contributed by atoms with Gasteiger partial charge in [0.2, 0.25) is 0 Å². The van der Waals surface area contributed by atoms with Crippen molar-refractivity contribution in [2.45, 2.75) is 0 Å². The van der Waals surface area contributed by atoms with Gasteiger partial charge >= 0.3 is 5.97 Å². The number of anilines is 1. The lowest BCUT2D eigenvalue weighted by molar-refractivity contribution is 0.0321. The lowest BCUT2D eigenvalue weighted by Gasteiger charge is -2.26. The molecule has 1 aromatic rings. The van der Waals surface area contributed by atoms with Crippen LogP contribution in [0.5, 0.6) is 5.75 Å². The molecule has 1 saturated heterocycles. The number of rotatable bonds is 5. The van der Waals surface area contributed by atoms with Crippen molar-refractivity contribution in [2.24, 2.45) is 0 Å². The summed E-state index contributed by atoms with van der Waals surface area (Å²) in [6.45, 7) is 4.45. The van der Waals surface area contributed by atoms with E-state index in [2.05, 4.69) is 4.90 Å². The van der Waals surface area contributed by atoms with Crippen LogP contribution in [0.1, 0.15) is 10.4 Å². The van der Waals surface area contributed by atoms with Gasteiger partial charge in [0, 0.05) is 25.3 Å². The summed E-state index contributed by atoms with van der Waals surface area (Å²) in [7, 11) is 0. The number of ether oxygens (including phenoxy) is 2. The third-order valence-electron chi connectivity index (χ3n) is 3.00. The number of benzene rings is 1.